The van der Waals surface area contributed by atoms with E-state index in [1.54, 1.807) is 25.4 Å². The highest BCUT2D eigenvalue weighted by atomic mass is 16.5. The van der Waals surface area contributed by atoms with Crippen LogP contribution in [-0.2, 0) is 0 Å². The topological polar surface area (TPSA) is 80.0 Å². The molecule has 0 aromatic carbocycles. The van der Waals surface area contributed by atoms with Crippen LogP contribution in [-0.4, -0.2) is 23.1 Å². The van der Waals surface area contributed by atoms with E-state index in [1.807, 2.05) is 0 Å². The fourth-order valence-corrected chi connectivity index (χ4v) is 1.18. The fourth-order valence-electron chi connectivity index (χ4n) is 1.18. The second kappa shape index (κ2) is 4.43. The van der Waals surface area contributed by atoms with Crippen molar-refractivity contribution in [1.29, 1.82) is 0 Å². The average Bonchev–Trinajstić information content (AvgIpc) is 2.82. The third-order valence-corrected chi connectivity index (χ3v) is 1.97. The molecule has 2 aromatic heterocycles. The van der Waals surface area contributed by atoms with Crippen LogP contribution in [0.4, 0.5) is 11.5 Å². The number of carbonyl (C=O) groups is 1. The summed E-state index contributed by atoms with van der Waals surface area (Å²) in [5, 5.41) is 8.99. The van der Waals surface area contributed by atoms with Crippen molar-refractivity contribution in [3.8, 4) is 0 Å². The first-order valence-corrected chi connectivity index (χ1v) is 4.64. The van der Waals surface area contributed by atoms with Gasteiger partial charge in [0.05, 0.1) is 6.20 Å². The molecule has 6 nitrogen and oxygen atoms in total. The SMILES string of the molecule is CNc1cc(C(=O)Nc2cnoc2)ccn1. The third-order valence-electron chi connectivity index (χ3n) is 1.97. The molecule has 2 N–H and O–H groups in total. The van der Waals surface area contributed by atoms with Crippen molar-refractivity contribution in [3.63, 3.8) is 0 Å². The Labute approximate surface area is 91.7 Å². The van der Waals surface area contributed by atoms with Gasteiger partial charge < -0.3 is 15.2 Å². The van der Waals surface area contributed by atoms with Crippen LogP contribution in [0.15, 0.2) is 35.3 Å². The molecule has 0 unspecified atom stereocenters. The second-order valence-electron chi connectivity index (χ2n) is 3.05. The molecule has 0 saturated carbocycles. The lowest BCUT2D eigenvalue weighted by atomic mass is 10.2. The predicted octanol–water partition coefficient (Wildman–Crippen LogP) is 1.36. The highest BCUT2D eigenvalue weighted by molar-refractivity contribution is 6.04. The largest absolute Gasteiger partial charge is 0.373 e. The van der Waals surface area contributed by atoms with Crippen molar-refractivity contribution in [2.45, 2.75) is 0 Å². The molecule has 2 aromatic rings. The molecular formula is C10H10N4O2. The Balaban J connectivity index is 2.14. The van der Waals surface area contributed by atoms with Crippen molar-refractivity contribution in [2.75, 3.05) is 17.7 Å². The molecule has 0 aliphatic carbocycles. The van der Waals surface area contributed by atoms with E-state index in [0.717, 1.165) is 0 Å². The van der Waals surface area contributed by atoms with Crippen LogP contribution in [0.25, 0.3) is 0 Å². The van der Waals surface area contributed by atoms with Crippen LogP contribution in [0.5, 0.6) is 0 Å². The fraction of sp³-hybridized carbons (Fsp3) is 0.100. The minimum absolute atomic E-state index is 0.234. The molecular weight excluding hydrogens is 208 g/mol. The van der Waals surface area contributed by atoms with Crippen LogP contribution in [0.2, 0.25) is 0 Å². The summed E-state index contributed by atoms with van der Waals surface area (Å²) in [7, 11) is 1.74. The zero-order valence-corrected chi connectivity index (χ0v) is 8.60. The molecule has 2 heterocycles. The monoisotopic (exact) mass is 218 g/mol. The zero-order valence-electron chi connectivity index (χ0n) is 8.60. The Morgan fingerprint density at radius 1 is 1.50 bits per heavy atom. The first-order chi connectivity index (χ1) is 7.79. The van der Waals surface area contributed by atoms with Crippen LogP contribution in [0.3, 0.4) is 0 Å². The number of rotatable bonds is 3. The first kappa shape index (κ1) is 10.2. The first-order valence-electron chi connectivity index (χ1n) is 4.64. The number of aromatic nitrogens is 2. The summed E-state index contributed by atoms with van der Waals surface area (Å²) in [6.45, 7) is 0. The van der Waals surface area contributed by atoms with E-state index in [0.29, 0.717) is 17.1 Å². The summed E-state index contributed by atoms with van der Waals surface area (Å²) in [5.74, 6) is 0.403. The maximum atomic E-state index is 11.7. The quantitative estimate of drug-likeness (QED) is 0.813. The van der Waals surface area contributed by atoms with Crippen molar-refractivity contribution >= 4 is 17.4 Å². The Bertz CT molecular complexity index is 481. The lowest BCUT2D eigenvalue weighted by Gasteiger charge is -2.03. The normalized spacial score (nSPS) is 9.81. The molecule has 0 radical (unpaired) electrons. The van der Waals surface area contributed by atoms with E-state index in [2.05, 4.69) is 25.3 Å². The van der Waals surface area contributed by atoms with Crippen LogP contribution >= 0.6 is 0 Å². The maximum Gasteiger partial charge on any atom is 0.255 e. The van der Waals surface area contributed by atoms with Crippen LogP contribution < -0.4 is 10.6 Å². The van der Waals surface area contributed by atoms with Gasteiger partial charge >= 0.3 is 0 Å². The number of carbonyl (C=O) groups excluding carboxylic acids is 1. The smallest absolute Gasteiger partial charge is 0.255 e. The highest BCUT2D eigenvalue weighted by Crippen LogP contribution is 2.10. The van der Waals surface area contributed by atoms with Gasteiger partial charge in [-0.05, 0) is 12.1 Å². The molecule has 82 valence electrons. The van der Waals surface area contributed by atoms with E-state index < -0.39 is 0 Å². The lowest BCUT2D eigenvalue weighted by molar-refractivity contribution is 0.102. The molecule has 0 spiro atoms. The standard InChI is InChI=1S/C10H10N4O2/c1-11-9-4-7(2-3-12-9)10(15)14-8-5-13-16-6-8/h2-6H,1H3,(H,11,12)(H,14,15). The van der Waals surface area contributed by atoms with Gasteiger partial charge in [-0.3, -0.25) is 4.79 Å². The summed E-state index contributed by atoms with van der Waals surface area (Å²) in [6.07, 6.45) is 4.35. The molecule has 0 saturated heterocycles. The van der Waals surface area contributed by atoms with Gasteiger partial charge in [0.2, 0.25) is 0 Å². The van der Waals surface area contributed by atoms with Gasteiger partial charge in [0.1, 0.15) is 17.8 Å². The second-order valence-corrected chi connectivity index (χ2v) is 3.05. The predicted molar refractivity (Wildman–Crippen MR) is 58.2 cm³/mol. The molecule has 0 bridgehead atoms. The average molecular weight is 218 g/mol. The molecule has 0 atom stereocenters. The van der Waals surface area contributed by atoms with Gasteiger partial charge in [-0.2, -0.15) is 0 Å². The Kier molecular flexibility index (Phi) is 2.81. The maximum absolute atomic E-state index is 11.7. The summed E-state index contributed by atoms with van der Waals surface area (Å²) in [5.41, 5.74) is 1.04. The van der Waals surface area contributed by atoms with Crippen molar-refractivity contribution in [3.05, 3.63) is 36.4 Å². The number of nitrogens with one attached hydrogen (secondary N) is 2. The summed E-state index contributed by atoms with van der Waals surface area (Å²) >= 11 is 0. The number of amides is 1. The molecule has 16 heavy (non-hydrogen) atoms. The van der Waals surface area contributed by atoms with E-state index in [9.17, 15) is 4.79 Å². The van der Waals surface area contributed by atoms with Gasteiger partial charge in [0, 0.05) is 18.8 Å². The van der Waals surface area contributed by atoms with Crippen molar-refractivity contribution in [1.82, 2.24) is 10.1 Å². The third kappa shape index (κ3) is 2.17. The van der Waals surface area contributed by atoms with Gasteiger partial charge in [-0.25, -0.2) is 4.98 Å². The Morgan fingerprint density at radius 3 is 3.06 bits per heavy atom. The van der Waals surface area contributed by atoms with Gasteiger partial charge in [0.25, 0.3) is 5.91 Å². The minimum atomic E-state index is -0.234. The minimum Gasteiger partial charge on any atom is -0.373 e. The number of hydrogen-bond donors (Lipinski definition) is 2. The van der Waals surface area contributed by atoms with Crippen LogP contribution in [0, 0.1) is 0 Å². The van der Waals surface area contributed by atoms with E-state index >= 15 is 0 Å². The molecule has 2 rings (SSSR count). The zero-order chi connectivity index (χ0) is 11.4. The highest BCUT2D eigenvalue weighted by Gasteiger charge is 2.07. The van der Waals surface area contributed by atoms with Crippen molar-refractivity contribution < 1.29 is 9.32 Å². The lowest BCUT2D eigenvalue weighted by Crippen LogP contribution is -2.11. The molecule has 0 aliphatic rings. The summed E-state index contributed by atoms with van der Waals surface area (Å²) in [4.78, 5) is 15.8. The van der Waals surface area contributed by atoms with E-state index in [-0.39, 0.29) is 5.91 Å². The molecule has 6 heteroatoms. The van der Waals surface area contributed by atoms with Gasteiger partial charge in [-0.15, -0.1) is 0 Å². The van der Waals surface area contributed by atoms with Crippen LogP contribution in [0.1, 0.15) is 10.4 Å². The number of anilines is 2. The van der Waals surface area contributed by atoms with Gasteiger partial charge in [0.15, 0.2) is 0 Å². The van der Waals surface area contributed by atoms with E-state index in [1.165, 1.54) is 12.5 Å². The molecule has 0 aliphatic heterocycles. The van der Waals surface area contributed by atoms with Crippen molar-refractivity contribution in [2.24, 2.45) is 0 Å². The number of hydrogen-bond acceptors (Lipinski definition) is 5. The molecule has 1 amide bonds. The summed E-state index contributed by atoms with van der Waals surface area (Å²) < 4.78 is 4.61. The Morgan fingerprint density at radius 2 is 2.38 bits per heavy atom. The Hall–Kier alpha value is -2.37. The summed E-state index contributed by atoms with van der Waals surface area (Å²) in [6, 6.07) is 3.28. The molecule has 0 fully saturated rings. The van der Waals surface area contributed by atoms with E-state index in [4.69, 9.17) is 0 Å². The number of nitrogens with zero attached hydrogens (tertiary/aromatic N) is 2. The number of pyridine rings is 1. The van der Waals surface area contributed by atoms with Gasteiger partial charge in [-0.1, -0.05) is 5.16 Å².